The Morgan fingerprint density at radius 1 is 1.35 bits per heavy atom. The fraction of sp³-hybridized carbons (Fsp3) is 0.846. The van der Waals surface area contributed by atoms with E-state index >= 15 is 0 Å². The van der Waals surface area contributed by atoms with Gasteiger partial charge in [-0.1, -0.05) is 6.92 Å². The summed E-state index contributed by atoms with van der Waals surface area (Å²) in [5, 5.41) is 21.4. The van der Waals surface area contributed by atoms with E-state index in [4.69, 9.17) is 5.11 Å². The third-order valence-corrected chi connectivity index (χ3v) is 4.18. The summed E-state index contributed by atoms with van der Waals surface area (Å²) in [6.45, 7) is 5.82. The van der Waals surface area contributed by atoms with E-state index in [-0.39, 0.29) is 19.0 Å². The Bertz CT molecular complexity index is 377. The number of carboxylic acid groups (broad SMARTS) is 1. The van der Waals surface area contributed by atoms with Crippen LogP contribution in [-0.2, 0) is 4.79 Å². The van der Waals surface area contributed by atoms with E-state index in [0.717, 1.165) is 26.1 Å². The van der Waals surface area contributed by atoms with Gasteiger partial charge in [0.15, 0.2) is 0 Å². The highest BCUT2D eigenvalue weighted by molar-refractivity contribution is 5.83. The maximum atomic E-state index is 12.0. The Balaban J connectivity index is 1.81. The van der Waals surface area contributed by atoms with Gasteiger partial charge in [0.2, 0.25) is 0 Å². The van der Waals surface area contributed by atoms with E-state index in [2.05, 4.69) is 17.1 Å². The van der Waals surface area contributed by atoms with Gasteiger partial charge in [-0.05, 0) is 25.4 Å². The number of amides is 2. The predicted octanol–water partition coefficient (Wildman–Crippen LogP) is -0.442. The van der Waals surface area contributed by atoms with Crippen LogP contribution in [0.2, 0.25) is 0 Å². The van der Waals surface area contributed by atoms with Gasteiger partial charge in [0.1, 0.15) is 6.04 Å². The average Bonchev–Trinajstić information content (AvgIpc) is 3.02. The van der Waals surface area contributed by atoms with Gasteiger partial charge in [0.25, 0.3) is 0 Å². The topological polar surface area (TPSA) is 93.1 Å². The smallest absolute Gasteiger partial charge is 0.326 e. The molecule has 2 fully saturated rings. The van der Waals surface area contributed by atoms with Gasteiger partial charge in [0.05, 0.1) is 6.10 Å². The minimum absolute atomic E-state index is 0.0918. The summed E-state index contributed by atoms with van der Waals surface area (Å²) >= 11 is 0. The lowest BCUT2D eigenvalue weighted by molar-refractivity contribution is -0.141. The zero-order valence-electron chi connectivity index (χ0n) is 11.8. The molecule has 2 aliphatic rings. The minimum atomic E-state index is -1.06. The summed E-state index contributed by atoms with van der Waals surface area (Å²) < 4.78 is 0. The molecule has 0 saturated carbocycles. The third-order valence-electron chi connectivity index (χ3n) is 4.18. The van der Waals surface area contributed by atoms with Crippen molar-refractivity contribution in [2.75, 3.05) is 32.7 Å². The second kappa shape index (κ2) is 6.41. The summed E-state index contributed by atoms with van der Waals surface area (Å²) in [5.41, 5.74) is 0. The van der Waals surface area contributed by atoms with Crippen LogP contribution in [0.1, 0.15) is 19.8 Å². The monoisotopic (exact) mass is 285 g/mol. The number of nitrogens with one attached hydrogen (secondary N) is 1. The van der Waals surface area contributed by atoms with Crippen molar-refractivity contribution in [3.63, 3.8) is 0 Å². The molecular weight excluding hydrogens is 262 g/mol. The molecule has 0 spiro atoms. The first kappa shape index (κ1) is 15.1. The van der Waals surface area contributed by atoms with Crippen molar-refractivity contribution in [3.05, 3.63) is 0 Å². The van der Waals surface area contributed by atoms with E-state index in [1.54, 1.807) is 0 Å². The van der Waals surface area contributed by atoms with E-state index < -0.39 is 18.1 Å². The van der Waals surface area contributed by atoms with Crippen molar-refractivity contribution < 1.29 is 19.8 Å². The number of carbonyl (C=O) groups is 2. The van der Waals surface area contributed by atoms with Crippen LogP contribution in [0.15, 0.2) is 0 Å². The van der Waals surface area contributed by atoms with Gasteiger partial charge >= 0.3 is 12.0 Å². The van der Waals surface area contributed by atoms with Crippen LogP contribution in [0.4, 0.5) is 4.79 Å². The molecule has 2 aliphatic heterocycles. The number of aliphatic hydroxyl groups is 1. The van der Waals surface area contributed by atoms with Crippen molar-refractivity contribution in [1.29, 1.82) is 0 Å². The molecule has 2 saturated heterocycles. The number of hydrogen-bond donors (Lipinski definition) is 3. The third kappa shape index (κ3) is 3.40. The van der Waals surface area contributed by atoms with Crippen LogP contribution >= 0.6 is 0 Å². The highest BCUT2D eigenvalue weighted by atomic mass is 16.4. The lowest BCUT2D eigenvalue weighted by Crippen LogP contribution is -2.47. The number of rotatable bonds is 4. The molecule has 2 unspecified atom stereocenters. The SMILES string of the molecule is CCN1CCC(CNC(=O)N2CC(O)C[C@H]2C(=O)O)C1. The van der Waals surface area contributed by atoms with Crippen molar-refractivity contribution in [2.24, 2.45) is 5.92 Å². The molecule has 0 aromatic carbocycles. The van der Waals surface area contributed by atoms with Gasteiger partial charge in [0, 0.05) is 26.1 Å². The van der Waals surface area contributed by atoms with Gasteiger partial charge in [-0.15, -0.1) is 0 Å². The molecule has 2 rings (SSSR count). The number of carboxylic acids is 1. The molecule has 0 bridgehead atoms. The van der Waals surface area contributed by atoms with E-state index in [0.29, 0.717) is 12.5 Å². The lowest BCUT2D eigenvalue weighted by atomic mass is 10.1. The average molecular weight is 285 g/mol. The molecule has 0 radical (unpaired) electrons. The van der Waals surface area contributed by atoms with E-state index in [1.165, 1.54) is 4.90 Å². The Morgan fingerprint density at radius 2 is 2.10 bits per heavy atom. The molecule has 114 valence electrons. The molecule has 20 heavy (non-hydrogen) atoms. The fourth-order valence-corrected chi connectivity index (χ4v) is 2.97. The molecular formula is C13H23N3O4. The normalized spacial score (nSPS) is 30.7. The first-order valence-corrected chi connectivity index (χ1v) is 7.19. The Kier molecular flexibility index (Phi) is 4.82. The van der Waals surface area contributed by atoms with Crippen LogP contribution in [0.5, 0.6) is 0 Å². The summed E-state index contributed by atoms with van der Waals surface area (Å²) in [6.07, 6.45) is 0.415. The van der Waals surface area contributed by atoms with Crippen molar-refractivity contribution >= 4 is 12.0 Å². The summed E-state index contributed by atoms with van der Waals surface area (Å²) in [7, 11) is 0. The molecule has 0 aliphatic carbocycles. The molecule has 3 atom stereocenters. The quantitative estimate of drug-likeness (QED) is 0.651. The highest BCUT2D eigenvalue weighted by Crippen LogP contribution is 2.19. The van der Waals surface area contributed by atoms with Crippen molar-refractivity contribution in [2.45, 2.75) is 31.9 Å². The first-order chi connectivity index (χ1) is 9.51. The molecule has 2 amide bonds. The molecule has 2 heterocycles. The van der Waals surface area contributed by atoms with Crippen LogP contribution < -0.4 is 5.32 Å². The van der Waals surface area contributed by atoms with Gasteiger partial charge < -0.3 is 25.3 Å². The van der Waals surface area contributed by atoms with Crippen LogP contribution in [0, 0.1) is 5.92 Å². The second-order valence-corrected chi connectivity index (χ2v) is 5.63. The minimum Gasteiger partial charge on any atom is -0.480 e. The second-order valence-electron chi connectivity index (χ2n) is 5.63. The Labute approximate surface area is 118 Å². The molecule has 3 N–H and O–H groups in total. The van der Waals surface area contributed by atoms with Crippen molar-refractivity contribution in [3.8, 4) is 0 Å². The molecule has 0 aromatic heterocycles. The standard InChI is InChI=1S/C13H23N3O4/c1-2-15-4-3-9(7-15)6-14-13(20)16-8-10(17)5-11(16)12(18)19/h9-11,17H,2-8H2,1H3,(H,14,20)(H,18,19)/t9?,10?,11-/m0/s1. The summed E-state index contributed by atoms with van der Waals surface area (Å²) in [4.78, 5) is 26.7. The zero-order valence-corrected chi connectivity index (χ0v) is 11.8. The van der Waals surface area contributed by atoms with Crippen molar-refractivity contribution in [1.82, 2.24) is 15.1 Å². The summed E-state index contributed by atoms with van der Waals surface area (Å²) in [5.74, 6) is -0.635. The van der Waals surface area contributed by atoms with Gasteiger partial charge in [-0.3, -0.25) is 0 Å². The van der Waals surface area contributed by atoms with E-state index in [1.807, 2.05) is 0 Å². The number of hydrogen-bond acceptors (Lipinski definition) is 4. The van der Waals surface area contributed by atoms with E-state index in [9.17, 15) is 14.7 Å². The van der Waals surface area contributed by atoms with Crippen LogP contribution in [-0.4, -0.2) is 76.9 Å². The van der Waals surface area contributed by atoms with Crippen LogP contribution in [0.25, 0.3) is 0 Å². The number of nitrogens with zero attached hydrogens (tertiary/aromatic N) is 2. The number of likely N-dealkylation sites (tertiary alicyclic amines) is 2. The van der Waals surface area contributed by atoms with Gasteiger partial charge in [-0.25, -0.2) is 9.59 Å². The number of aliphatic carboxylic acids is 1. The highest BCUT2D eigenvalue weighted by Gasteiger charge is 2.39. The maximum Gasteiger partial charge on any atom is 0.326 e. The predicted molar refractivity (Wildman–Crippen MR) is 72.4 cm³/mol. The Morgan fingerprint density at radius 3 is 2.70 bits per heavy atom. The number of β-amino-alcohol motifs (C(OH)–C–C–N with tert-alkyl or cyclic N) is 1. The number of carbonyl (C=O) groups excluding carboxylic acids is 1. The molecule has 7 heteroatoms. The van der Waals surface area contributed by atoms with Gasteiger partial charge in [-0.2, -0.15) is 0 Å². The number of aliphatic hydroxyl groups excluding tert-OH is 1. The molecule has 0 aromatic rings. The number of urea groups is 1. The largest absolute Gasteiger partial charge is 0.480 e. The Hall–Kier alpha value is -1.34. The fourth-order valence-electron chi connectivity index (χ4n) is 2.97. The zero-order chi connectivity index (χ0) is 14.7. The first-order valence-electron chi connectivity index (χ1n) is 7.19. The maximum absolute atomic E-state index is 12.0. The summed E-state index contributed by atoms with van der Waals surface area (Å²) in [6, 6.07) is -1.30. The molecule has 7 nitrogen and oxygen atoms in total. The lowest BCUT2D eigenvalue weighted by Gasteiger charge is -2.22. The van der Waals surface area contributed by atoms with Crippen LogP contribution in [0.3, 0.4) is 0 Å².